The molecule has 0 aliphatic heterocycles. The smallest absolute Gasteiger partial charge is 0.0103 e. The van der Waals surface area contributed by atoms with Crippen molar-refractivity contribution in [3.05, 3.63) is 83.4 Å². The summed E-state index contributed by atoms with van der Waals surface area (Å²) in [6, 6.07) is 24.5. The van der Waals surface area contributed by atoms with Gasteiger partial charge in [-0.1, -0.05) is 100 Å². The quantitative estimate of drug-likeness (QED) is 0.355. The highest BCUT2D eigenvalue weighted by Crippen LogP contribution is 2.37. The van der Waals surface area contributed by atoms with Crippen LogP contribution in [0.4, 0.5) is 0 Å². The third-order valence-corrected chi connectivity index (χ3v) is 5.77. The van der Waals surface area contributed by atoms with Gasteiger partial charge in [0.15, 0.2) is 0 Å². The van der Waals surface area contributed by atoms with Crippen molar-refractivity contribution >= 4 is 0 Å². The molecule has 0 atom stereocenters. The Morgan fingerprint density at radius 3 is 1.79 bits per heavy atom. The Kier molecular flexibility index (Phi) is 7.48. The third kappa shape index (κ3) is 4.55. The molecule has 28 heavy (non-hydrogen) atoms. The summed E-state index contributed by atoms with van der Waals surface area (Å²) < 4.78 is 0. The number of hydrogen-bond acceptors (Lipinski definition) is 0. The lowest BCUT2D eigenvalue weighted by Crippen LogP contribution is -2.04. The van der Waals surface area contributed by atoms with E-state index < -0.39 is 0 Å². The minimum absolute atomic E-state index is 1.12. The Labute approximate surface area is 171 Å². The van der Waals surface area contributed by atoms with E-state index in [0.29, 0.717) is 0 Å². The molecule has 3 aromatic carbocycles. The Bertz CT molecular complexity index is 874. The zero-order chi connectivity index (χ0) is 19.8. The lowest BCUT2D eigenvalue weighted by atomic mass is 9.84. The lowest BCUT2D eigenvalue weighted by molar-refractivity contribution is 0.752. The Morgan fingerprint density at radius 1 is 0.536 bits per heavy atom. The highest BCUT2D eigenvalue weighted by Gasteiger charge is 2.16. The van der Waals surface area contributed by atoms with E-state index in [0.717, 1.165) is 6.42 Å². The van der Waals surface area contributed by atoms with Crippen LogP contribution in [0.1, 0.15) is 63.1 Å². The minimum Gasteiger partial charge on any atom is -0.0654 e. The molecule has 3 rings (SSSR count). The molecule has 3 aromatic rings. The third-order valence-electron chi connectivity index (χ3n) is 5.77. The number of benzene rings is 3. The van der Waals surface area contributed by atoms with Gasteiger partial charge in [-0.2, -0.15) is 0 Å². The first kappa shape index (κ1) is 20.4. The van der Waals surface area contributed by atoms with E-state index in [1.54, 1.807) is 16.7 Å². The fourth-order valence-corrected chi connectivity index (χ4v) is 4.22. The van der Waals surface area contributed by atoms with Crippen LogP contribution in [0.25, 0.3) is 22.3 Å². The first-order valence-electron chi connectivity index (χ1n) is 11.1. The molecular formula is C28H34. The Hall–Kier alpha value is -2.34. The van der Waals surface area contributed by atoms with Crippen LogP contribution in [0.15, 0.2) is 66.7 Å². The summed E-state index contributed by atoms with van der Waals surface area (Å²) in [5.41, 5.74) is 10.2. The summed E-state index contributed by atoms with van der Waals surface area (Å²) in [6.07, 6.45) is 8.54. The molecule has 0 N–H and O–H groups in total. The molecule has 0 saturated carbocycles. The van der Waals surface area contributed by atoms with Gasteiger partial charge in [0.1, 0.15) is 0 Å². The average molecular weight is 371 g/mol. The van der Waals surface area contributed by atoms with Crippen molar-refractivity contribution in [3.63, 3.8) is 0 Å². The standard InChI is InChI=1S/C28H34/c1-4-7-16-24-22(6-3)20-21-28(26(24)17-8-5-2)27-19-13-12-18-25(27)23-14-10-9-11-15-23/h9-15,18-21H,4-8,16-17H2,1-3H3. The number of rotatable bonds is 9. The first-order valence-corrected chi connectivity index (χ1v) is 11.1. The summed E-state index contributed by atoms with van der Waals surface area (Å²) in [7, 11) is 0. The molecule has 0 heterocycles. The second-order valence-corrected chi connectivity index (χ2v) is 7.70. The molecule has 0 amide bonds. The normalized spacial score (nSPS) is 11.0. The van der Waals surface area contributed by atoms with Crippen LogP contribution in [0.5, 0.6) is 0 Å². The highest BCUT2D eigenvalue weighted by atomic mass is 14.2. The Balaban J connectivity index is 2.19. The summed E-state index contributed by atoms with van der Waals surface area (Å²) >= 11 is 0. The van der Waals surface area contributed by atoms with Gasteiger partial charge in [-0.25, -0.2) is 0 Å². The zero-order valence-corrected chi connectivity index (χ0v) is 17.8. The van der Waals surface area contributed by atoms with Crippen molar-refractivity contribution in [2.75, 3.05) is 0 Å². The molecule has 0 aliphatic rings. The average Bonchev–Trinajstić information content (AvgIpc) is 2.76. The minimum atomic E-state index is 1.12. The van der Waals surface area contributed by atoms with Gasteiger partial charge in [-0.05, 0) is 71.0 Å². The van der Waals surface area contributed by atoms with E-state index in [2.05, 4.69) is 87.5 Å². The number of unbranched alkanes of at least 4 members (excludes halogenated alkanes) is 2. The topological polar surface area (TPSA) is 0 Å². The van der Waals surface area contributed by atoms with Gasteiger partial charge in [0, 0.05) is 0 Å². The maximum Gasteiger partial charge on any atom is -0.0103 e. The SMILES string of the molecule is CCCCc1c(CC)ccc(-c2ccccc2-c2ccccc2)c1CCCC. The number of aryl methyl sites for hydroxylation is 1. The summed E-state index contributed by atoms with van der Waals surface area (Å²) in [4.78, 5) is 0. The van der Waals surface area contributed by atoms with Gasteiger partial charge >= 0.3 is 0 Å². The maximum absolute atomic E-state index is 2.39. The molecule has 0 heteroatoms. The van der Waals surface area contributed by atoms with Gasteiger partial charge in [-0.15, -0.1) is 0 Å². The van der Waals surface area contributed by atoms with E-state index in [-0.39, 0.29) is 0 Å². The van der Waals surface area contributed by atoms with Gasteiger partial charge in [0.2, 0.25) is 0 Å². The van der Waals surface area contributed by atoms with Crippen molar-refractivity contribution in [2.24, 2.45) is 0 Å². The van der Waals surface area contributed by atoms with Crippen LogP contribution in [-0.2, 0) is 19.3 Å². The molecular weight excluding hydrogens is 336 g/mol. The van der Waals surface area contributed by atoms with Crippen LogP contribution in [0.2, 0.25) is 0 Å². The van der Waals surface area contributed by atoms with Crippen LogP contribution in [0, 0.1) is 0 Å². The number of hydrogen-bond donors (Lipinski definition) is 0. The van der Waals surface area contributed by atoms with Gasteiger partial charge in [0.25, 0.3) is 0 Å². The highest BCUT2D eigenvalue weighted by molar-refractivity contribution is 5.85. The van der Waals surface area contributed by atoms with E-state index in [1.165, 1.54) is 60.8 Å². The molecule has 146 valence electrons. The van der Waals surface area contributed by atoms with E-state index in [9.17, 15) is 0 Å². The van der Waals surface area contributed by atoms with Crippen molar-refractivity contribution in [1.29, 1.82) is 0 Å². The zero-order valence-electron chi connectivity index (χ0n) is 17.8. The second kappa shape index (κ2) is 10.3. The molecule has 0 aliphatic carbocycles. The predicted molar refractivity (Wildman–Crippen MR) is 124 cm³/mol. The van der Waals surface area contributed by atoms with E-state index >= 15 is 0 Å². The fourth-order valence-electron chi connectivity index (χ4n) is 4.22. The lowest BCUT2D eigenvalue weighted by Gasteiger charge is -2.21. The monoisotopic (exact) mass is 370 g/mol. The van der Waals surface area contributed by atoms with Crippen molar-refractivity contribution < 1.29 is 0 Å². The molecule has 0 saturated heterocycles. The van der Waals surface area contributed by atoms with Crippen LogP contribution < -0.4 is 0 Å². The summed E-state index contributed by atoms with van der Waals surface area (Å²) in [6.45, 7) is 6.89. The largest absolute Gasteiger partial charge is 0.0654 e. The van der Waals surface area contributed by atoms with Crippen LogP contribution in [-0.4, -0.2) is 0 Å². The van der Waals surface area contributed by atoms with Crippen LogP contribution >= 0.6 is 0 Å². The first-order chi connectivity index (χ1) is 13.8. The molecule has 0 fully saturated rings. The Morgan fingerprint density at radius 2 is 1.14 bits per heavy atom. The fraction of sp³-hybridized carbons (Fsp3) is 0.357. The van der Waals surface area contributed by atoms with Crippen molar-refractivity contribution in [1.82, 2.24) is 0 Å². The molecule has 0 spiro atoms. The molecule has 0 aromatic heterocycles. The van der Waals surface area contributed by atoms with E-state index in [4.69, 9.17) is 0 Å². The second-order valence-electron chi connectivity index (χ2n) is 7.70. The summed E-state index contributed by atoms with van der Waals surface area (Å²) in [5, 5.41) is 0. The molecule has 0 radical (unpaired) electrons. The molecule has 0 bridgehead atoms. The van der Waals surface area contributed by atoms with Gasteiger partial charge < -0.3 is 0 Å². The van der Waals surface area contributed by atoms with Crippen LogP contribution in [0.3, 0.4) is 0 Å². The van der Waals surface area contributed by atoms with E-state index in [1.807, 2.05) is 0 Å². The maximum atomic E-state index is 2.39. The van der Waals surface area contributed by atoms with Gasteiger partial charge in [-0.3, -0.25) is 0 Å². The molecule has 0 unspecified atom stereocenters. The van der Waals surface area contributed by atoms with Gasteiger partial charge in [0.05, 0.1) is 0 Å². The molecule has 0 nitrogen and oxygen atoms in total. The summed E-state index contributed by atoms with van der Waals surface area (Å²) in [5.74, 6) is 0. The predicted octanol–water partition coefficient (Wildman–Crippen LogP) is 8.27. The van der Waals surface area contributed by atoms with Crippen molar-refractivity contribution in [3.8, 4) is 22.3 Å². The van der Waals surface area contributed by atoms with Crippen molar-refractivity contribution in [2.45, 2.75) is 65.7 Å².